The number of carboxylic acids is 2. The minimum absolute atomic E-state index is 0. The Bertz CT molecular complexity index is 564. The van der Waals surface area contributed by atoms with Crippen LogP contribution in [-0.2, 0) is 20.7 Å². The van der Waals surface area contributed by atoms with Crippen LogP contribution in [0.4, 0.5) is 4.39 Å². The Balaban J connectivity index is -0.000000544. The normalized spacial score (nSPS) is 11.9. The number of rotatable bonds is 10. The van der Waals surface area contributed by atoms with Gasteiger partial charge in [-0.2, -0.15) is 0 Å². The minimum atomic E-state index is -1.80. The Morgan fingerprint density at radius 3 is 1.90 bits per heavy atom. The van der Waals surface area contributed by atoms with E-state index in [1.165, 1.54) is 18.9 Å². The second-order valence-corrected chi connectivity index (χ2v) is 7.28. The van der Waals surface area contributed by atoms with Crippen molar-refractivity contribution in [2.45, 2.75) is 85.9 Å². The van der Waals surface area contributed by atoms with Gasteiger partial charge in [-0.15, -0.1) is 0 Å². The fraction of sp³-hybridized carbons (Fsp3) is 0.682. The van der Waals surface area contributed by atoms with Crippen molar-refractivity contribution in [2.24, 2.45) is 5.92 Å². The predicted molar refractivity (Wildman–Crippen MR) is 113 cm³/mol. The molecule has 0 aromatic carbocycles. The maximum absolute atomic E-state index is 12.7. The van der Waals surface area contributed by atoms with E-state index in [-0.39, 0.29) is 31.9 Å². The van der Waals surface area contributed by atoms with Crippen molar-refractivity contribution in [3.8, 4) is 0 Å². The molecule has 0 fully saturated rings. The number of nitrogens with one attached hydrogen (secondary N) is 1. The van der Waals surface area contributed by atoms with Gasteiger partial charge in [0, 0.05) is 30.8 Å². The summed E-state index contributed by atoms with van der Waals surface area (Å²) >= 11 is 0. The van der Waals surface area contributed by atoms with Gasteiger partial charge in [-0.1, -0.05) is 54.4 Å². The van der Waals surface area contributed by atoms with Crippen molar-refractivity contribution in [3.63, 3.8) is 0 Å². The average Bonchev–Trinajstić information content (AvgIpc) is 2.63. The van der Waals surface area contributed by atoms with Crippen LogP contribution in [0.3, 0.4) is 0 Å². The van der Waals surface area contributed by atoms with Crippen molar-refractivity contribution in [2.75, 3.05) is 6.61 Å². The molecule has 0 aliphatic heterocycles. The van der Waals surface area contributed by atoms with Crippen molar-refractivity contribution in [1.82, 2.24) is 10.3 Å². The maximum Gasteiger partial charge on any atom is 1.00 e. The molecule has 0 amide bonds. The number of unbranched alkanes of at least 4 members (excludes halogenated alkanes) is 1. The Labute approximate surface area is 198 Å². The molecule has 174 valence electrons. The van der Waals surface area contributed by atoms with E-state index in [9.17, 15) is 19.1 Å². The molecule has 2 N–H and O–H groups in total. The van der Waals surface area contributed by atoms with Gasteiger partial charge in [0.05, 0.1) is 18.3 Å². The van der Waals surface area contributed by atoms with Crippen LogP contribution in [0.1, 0.15) is 67.0 Å². The molecular formula is C22H38FLiN2O5. The summed E-state index contributed by atoms with van der Waals surface area (Å²) in [6.07, 6.45) is 2.43. The minimum Gasteiger partial charge on any atom is -0.549 e. The van der Waals surface area contributed by atoms with Crippen LogP contribution in [-0.4, -0.2) is 46.8 Å². The first-order valence-corrected chi connectivity index (χ1v) is 10.4. The summed E-state index contributed by atoms with van der Waals surface area (Å²) in [5.74, 6) is -5.60. The molecule has 0 saturated heterocycles. The first kappa shape index (κ1) is 34.2. The predicted octanol–water partition coefficient (Wildman–Crippen LogP) is -0.178. The summed E-state index contributed by atoms with van der Waals surface area (Å²) in [5.41, 5.74) is 0.340. The van der Waals surface area contributed by atoms with Gasteiger partial charge in [0.15, 0.2) is 0 Å². The standard InChI is InChI=1S/C12H14FNO5.C6H15N.C4H10.Li/c1-2-19-9(10(11(15)16)12(17)18)5-8-4-3-7(13)6-14-8;1-5(2)7-6(3)4;1-3-4-2;/h3-4,6,9-10H,2,5H2,1H3,(H,15,16)(H,17,18);5-7H,1-4H3;3-4H2,1-2H3;/q;;;+1/p-1. The third-order valence-corrected chi connectivity index (χ3v) is 3.64. The average molecular weight is 436 g/mol. The SMILES string of the molecule is CC(C)NC(C)C.CCCC.CCOC(Cc1ccc(F)cn1)C(C(=O)[O-])C(=O)O.[Li+]. The molecule has 0 bridgehead atoms. The van der Waals surface area contributed by atoms with E-state index in [0.29, 0.717) is 17.8 Å². The van der Waals surface area contributed by atoms with Crippen molar-refractivity contribution < 1.29 is 47.8 Å². The summed E-state index contributed by atoms with van der Waals surface area (Å²) in [6, 6.07) is 3.75. The van der Waals surface area contributed by atoms with Gasteiger partial charge < -0.3 is 25.1 Å². The summed E-state index contributed by atoms with van der Waals surface area (Å²) < 4.78 is 17.8. The second-order valence-electron chi connectivity index (χ2n) is 7.28. The zero-order valence-corrected chi connectivity index (χ0v) is 20.3. The number of carboxylic acid groups (broad SMARTS) is 2. The monoisotopic (exact) mass is 436 g/mol. The van der Waals surface area contributed by atoms with Gasteiger partial charge in [-0.3, -0.25) is 9.78 Å². The molecule has 0 aliphatic rings. The molecule has 7 nitrogen and oxygen atoms in total. The van der Waals surface area contributed by atoms with Crippen LogP contribution in [0.25, 0.3) is 0 Å². The molecule has 31 heavy (non-hydrogen) atoms. The summed E-state index contributed by atoms with van der Waals surface area (Å²) in [6.45, 7) is 14.7. The quantitative estimate of drug-likeness (QED) is 0.387. The smallest absolute Gasteiger partial charge is 0.549 e. The molecule has 2 atom stereocenters. The van der Waals surface area contributed by atoms with E-state index in [0.717, 1.165) is 12.3 Å². The first-order valence-electron chi connectivity index (χ1n) is 10.4. The maximum atomic E-state index is 12.7. The number of halogens is 1. The Kier molecular flexibility index (Phi) is 22.5. The van der Waals surface area contributed by atoms with Crippen molar-refractivity contribution >= 4 is 11.9 Å². The summed E-state index contributed by atoms with van der Waals surface area (Å²) in [5, 5.41) is 23.0. The topological polar surface area (TPSA) is 112 Å². The van der Waals surface area contributed by atoms with Gasteiger partial charge >= 0.3 is 24.8 Å². The fourth-order valence-electron chi connectivity index (χ4n) is 2.30. The van der Waals surface area contributed by atoms with Gasteiger partial charge in [0.1, 0.15) is 11.7 Å². The third-order valence-electron chi connectivity index (χ3n) is 3.64. The fourth-order valence-corrected chi connectivity index (χ4v) is 2.30. The largest absolute Gasteiger partial charge is 1.00 e. The zero-order chi connectivity index (χ0) is 23.7. The number of ether oxygens (including phenoxy) is 1. The summed E-state index contributed by atoms with van der Waals surface area (Å²) in [7, 11) is 0. The van der Waals surface area contributed by atoms with Crippen LogP contribution in [0, 0.1) is 11.7 Å². The van der Waals surface area contributed by atoms with E-state index in [1.807, 2.05) is 0 Å². The number of hydrogen-bond donors (Lipinski definition) is 2. The number of aromatic nitrogens is 1. The second kappa shape index (κ2) is 20.4. The Morgan fingerprint density at radius 2 is 1.65 bits per heavy atom. The van der Waals surface area contributed by atoms with Gasteiger partial charge in [0.2, 0.25) is 0 Å². The number of hydrogen-bond acceptors (Lipinski definition) is 6. The van der Waals surface area contributed by atoms with Gasteiger partial charge in [0.25, 0.3) is 0 Å². The van der Waals surface area contributed by atoms with Gasteiger partial charge in [-0.05, 0) is 19.1 Å². The molecule has 0 saturated carbocycles. The van der Waals surface area contributed by atoms with E-state index in [1.54, 1.807) is 6.92 Å². The van der Waals surface area contributed by atoms with Crippen LogP contribution in [0.5, 0.6) is 0 Å². The Morgan fingerprint density at radius 1 is 1.13 bits per heavy atom. The van der Waals surface area contributed by atoms with Crippen LogP contribution in [0.15, 0.2) is 18.3 Å². The molecule has 1 aromatic heterocycles. The summed E-state index contributed by atoms with van der Waals surface area (Å²) in [4.78, 5) is 25.5. The molecule has 1 rings (SSSR count). The number of nitrogens with zero attached hydrogens (tertiary/aromatic N) is 1. The molecule has 1 aromatic rings. The third kappa shape index (κ3) is 19.0. The van der Waals surface area contributed by atoms with Gasteiger partial charge in [-0.25, -0.2) is 4.39 Å². The van der Waals surface area contributed by atoms with E-state index >= 15 is 0 Å². The number of carbonyl (C=O) groups excluding carboxylic acids is 1. The number of pyridine rings is 1. The number of aliphatic carboxylic acids is 2. The molecule has 9 heteroatoms. The van der Waals surface area contributed by atoms with Crippen molar-refractivity contribution in [3.05, 3.63) is 29.8 Å². The van der Waals surface area contributed by atoms with Crippen molar-refractivity contribution in [1.29, 1.82) is 0 Å². The zero-order valence-electron chi connectivity index (χ0n) is 20.3. The van der Waals surface area contributed by atoms with E-state index in [2.05, 4.69) is 51.8 Å². The van der Waals surface area contributed by atoms with Crippen LogP contribution in [0.2, 0.25) is 0 Å². The van der Waals surface area contributed by atoms with E-state index in [4.69, 9.17) is 9.84 Å². The molecule has 0 spiro atoms. The van der Waals surface area contributed by atoms with E-state index < -0.39 is 29.8 Å². The Hall–Kier alpha value is -1.46. The molecule has 0 radical (unpaired) electrons. The molecule has 0 aliphatic carbocycles. The number of carbonyl (C=O) groups is 2. The molecule has 1 heterocycles. The molecular weight excluding hydrogens is 398 g/mol. The van der Waals surface area contributed by atoms with Crippen LogP contribution < -0.4 is 29.3 Å². The molecule has 2 unspecified atom stereocenters. The van der Waals surface area contributed by atoms with Crippen LogP contribution >= 0.6 is 0 Å². The first-order chi connectivity index (χ1) is 14.0.